The van der Waals surface area contributed by atoms with E-state index in [9.17, 15) is 9.59 Å². The van der Waals surface area contributed by atoms with Crippen molar-refractivity contribution in [2.75, 3.05) is 13.2 Å². The zero-order valence-electron chi connectivity index (χ0n) is 14.4. The molecule has 2 atom stereocenters. The van der Waals surface area contributed by atoms with Crippen LogP contribution in [-0.4, -0.2) is 42.1 Å². The highest BCUT2D eigenvalue weighted by atomic mass is 35.5. The number of ether oxygens (including phenoxy) is 2. The Balaban J connectivity index is 2.08. The summed E-state index contributed by atoms with van der Waals surface area (Å²) in [7, 11) is 0. The largest absolute Gasteiger partial charge is 0.481 e. The Kier molecular flexibility index (Phi) is 6.49. The number of likely N-dealkylation sites (tertiary alicyclic amines) is 1. The summed E-state index contributed by atoms with van der Waals surface area (Å²) in [6, 6.07) is 4.75. The van der Waals surface area contributed by atoms with Gasteiger partial charge >= 0.3 is 5.97 Å². The first-order valence-corrected chi connectivity index (χ1v) is 8.71. The molecule has 132 valence electrons. The Labute approximate surface area is 147 Å². The van der Waals surface area contributed by atoms with Gasteiger partial charge in [0.2, 0.25) is 0 Å². The smallest absolute Gasteiger partial charge is 0.328 e. The number of aryl methyl sites for hydroxylation is 1. The summed E-state index contributed by atoms with van der Waals surface area (Å²) >= 11 is 5.94. The van der Waals surface area contributed by atoms with E-state index < -0.39 is 12.1 Å². The normalized spacial score (nSPS) is 18.8. The van der Waals surface area contributed by atoms with Crippen molar-refractivity contribution < 1.29 is 19.1 Å². The Bertz CT molecular complexity index is 605. The average molecular weight is 354 g/mol. The highest BCUT2D eigenvalue weighted by Gasteiger charge is 2.35. The van der Waals surface area contributed by atoms with Crippen molar-refractivity contribution in [2.24, 2.45) is 0 Å². The molecule has 1 aromatic carbocycles. The molecular formula is C18H24ClNO4. The quantitative estimate of drug-likeness (QED) is 0.762. The molecule has 0 aliphatic carbocycles. The third-order valence-corrected chi connectivity index (χ3v) is 4.37. The molecule has 0 aromatic heterocycles. The number of nitrogens with zero attached hydrogens (tertiary/aromatic N) is 1. The second kappa shape index (κ2) is 8.38. The molecule has 5 nitrogen and oxygen atoms in total. The first kappa shape index (κ1) is 18.6. The monoisotopic (exact) mass is 353 g/mol. The maximum atomic E-state index is 12.8. The van der Waals surface area contributed by atoms with Gasteiger partial charge in [-0.2, -0.15) is 0 Å². The minimum absolute atomic E-state index is 0.192. The van der Waals surface area contributed by atoms with Crippen molar-refractivity contribution in [3.8, 4) is 5.75 Å². The number of benzene rings is 1. The van der Waals surface area contributed by atoms with Crippen LogP contribution in [-0.2, 0) is 14.3 Å². The number of hydrogen-bond donors (Lipinski definition) is 0. The van der Waals surface area contributed by atoms with Gasteiger partial charge in [0.25, 0.3) is 5.91 Å². The van der Waals surface area contributed by atoms with Crippen LogP contribution in [0.1, 0.15) is 38.7 Å². The van der Waals surface area contributed by atoms with Crippen LogP contribution in [0.2, 0.25) is 5.02 Å². The van der Waals surface area contributed by atoms with Crippen LogP contribution < -0.4 is 4.74 Å². The van der Waals surface area contributed by atoms with Gasteiger partial charge in [0, 0.05) is 11.6 Å². The van der Waals surface area contributed by atoms with Crippen molar-refractivity contribution in [1.29, 1.82) is 0 Å². The van der Waals surface area contributed by atoms with Gasteiger partial charge in [0.1, 0.15) is 11.8 Å². The maximum absolute atomic E-state index is 12.8. The fourth-order valence-corrected chi connectivity index (χ4v) is 3.12. The summed E-state index contributed by atoms with van der Waals surface area (Å²) in [4.78, 5) is 26.5. The van der Waals surface area contributed by atoms with E-state index >= 15 is 0 Å². The van der Waals surface area contributed by atoms with Crippen molar-refractivity contribution in [3.63, 3.8) is 0 Å². The molecule has 24 heavy (non-hydrogen) atoms. The highest BCUT2D eigenvalue weighted by Crippen LogP contribution is 2.25. The SMILES string of the molecule is CCOC(=O)C1CCCCN1C(=O)C(C)Oc1ccc(Cl)cc1C. The summed E-state index contributed by atoms with van der Waals surface area (Å²) in [5.74, 6) is 0.0903. The van der Waals surface area contributed by atoms with Gasteiger partial charge in [-0.1, -0.05) is 11.6 Å². The van der Waals surface area contributed by atoms with Gasteiger partial charge in [-0.3, -0.25) is 4.79 Å². The van der Waals surface area contributed by atoms with Crippen LogP contribution in [0.3, 0.4) is 0 Å². The number of esters is 1. The molecular weight excluding hydrogens is 330 g/mol. The standard InChI is InChI=1S/C18H24ClNO4/c1-4-23-18(22)15-7-5-6-10-20(15)17(21)13(3)24-16-9-8-14(19)11-12(16)2/h8-9,11,13,15H,4-7,10H2,1-3H3. The average Bonchev–Trinajstić information content (AvgIpc) is 2.57. The fourth-order valence-electron chi connectivity index (χ4n) is 2.90. The summed E-state index contributed by atoms with van der Waals surface area (Å²) < 4.78 is 10.9. The van der Waals surface area contributed by atoms with Gasteiger partial charge in [0.05, 0.1) is 6.61 Å². The van der Waals surface area contributed by atoms with Crippen LogP contribution in [0.4, 0.5) is 0 Å². The molecule has 1 aromatic rings. The lowest BCUT2D eigenvalue weighted by Crippen LogP contribution is -2.52. The Morgan fingerprint density at radius 3 is 2.79 bits per heavy atom. The predicted octanol–water partition coefficient (Wildman–Crippen LogP) is 3.36. The van der Waals surface area contributed by atoms with Crippen molar-refractivity contribution >= 4 is 23.5 Å². The van der Waals surface area contributed by atoms with E-state index in [0.717, 1.165) is 18.4 Å². The molecule has 0 N–H and O–H groups in total. The van der Waals surface area contributed by atoms with Gasteiger partial charge < -0.3 is 14.4 Å². The van der Waals surface area contributed by atoms with E-state index in [-0.39, 0.29) is 11.9 Å². The molecule has 0 bridgehead atoms. The highest BCUT2D eigenvalue weighted by molar-refractivity contribution is 6.30. The first-order valence-electron chi connectivity index (χ1n) is 8.34. The molecule has 6 heteroatoms. The molecule has 1 saturated heterocycles. The first-order chi connectivity index (χ1) is 11.4. The lowest BCUT2D eigenvalue weighted by Gasteiger charge is -2.35. The van der Waals surface area contributed by atoms with E-state index in [1.165, 1.54) is 0 Å². The molecule has 1 aliphatic heterocycles. The predicted molar refractivity (Wildman–Crippen MR) is 92.3 cm³/mol. The van der Waals surface area contributed by atoms with Gasteiger partial charge in [-0.15, -0.1) is 0 Å². The zero-order valence-corrected chi connectivity index (χ0v) is 15.1. The Hall–Kier alpha value is -1.75. The van der Waals surface area contributed by atoms with E-state index in [1.807, 2.05) is 6.92 Å². The summed E-state index contributed by atoms with van der Waals surface area (Å²) in [6.45, 7) is 6.21. The molecule has 0 spiro atoms. The Morgan fingerprint density at radius 1 is 1.38 bits per heavy atom. The number of carbonyl (C=O) groups excluding carboxylic acids is 2. The summed E-state index contributed by atoms with van der Waals surface area (Å²) in [5.41, 5.74) is 0.864. The van der Waals surface area contributed by atoms with E-state index in [4.69, 9.17) is 21.1 Å². The van der Waals surface area contributed by atoms with Crippen molar-refractivity contribution in [1.82, 2.24) is 4.90 Å². The third kappa shape index (κ3) is 4.41. The molecule has 1 heterocycles. The van der Waals surface area contributed by atoms with E-state index in [1.54, 1.807) is 36.9 Å². The fraction of sp³-hybridized carbons (Fsp3) is 0.556. The lowest BCUT2D eigenvalue weighted by molar-refractivity contribution is -0.159. The van der Waals surface area contributed by atoms with Crippen LogP contribution >= 0.6 is 11.6 Å². The maximum Gasteiger partial charge on any atom is 0.328 e. The molecule has 1 amide bonds. The second-order valence-electron chi connectivity index (χ2n) is 5.97. The molecule has 1 fully saturated rings. The summed E-state index contributed by atoms with van der Waals surface area (Å²) in [6.07, 6.45) is 1.75. The number of halogens is 1. The van der Waals surface area contributed by atoms with Gasteiger partial charge in [0.15, 0.2) is 6.10 Å². The molecule has 2 unspecified atom stereocenters. The number of amides is 1. The molecule has 1 aliphatic rings. The van der Waals surface area contributed by atoms with E-state index in [0.29, 0.717) is 30.3 Å². The molecule has 2 rings (SSSR count). The van der Waals surface area contributed by atoms with Gasteiger partial charge in [-0.05, 0) is 63.8 Å². The number of hydrogen-bond acceptors (Lipinski definition) is 4. The zero-order chi connectivity index (χ0) is 17.7. The minimum Gasteiger partial charge on any atom is -0.481 e. The third-order valence-electron chi connectivity index (χ3n) is 4.13. The number of rotatable bonds is 5. The second-order valence-corrected chi connectivity index (χ2v) is 6.40. The van der Waals surface area contributed by atoms with Gasteiger partial charge in [-0.25, -0.2) is 4.79 Å². The van der Waals surface area contributed by atoms with Crippen molar-refractivity contribution in [3.05, 3.63) is 28.8 Å². The van der Waals surface area contributed by atoms with Crippen LogP contribution in [0.25, 0.3) is 0 Å². The molecule has 0 radical (unpaired) electrons. The van der Waals surface area contributed by atoms with Crippen LogP contribution in [0.5, 0.6) is 5.75 Å². The Morgan fingerprint density at radius 2 is 2.12 bits per heavy atom. The van der Waals surface area contributed by atoms with Crippen molar-refractivity contribution in [2.45, 2.75) is 52.2 Å². The number of carbonyl (C=O) groups is 2. The molecule has 0 saturated carbocycles. The number of piperidine rings is 1. The van der Waals surface area contributed by atoms with Crippen LogP contribution in [0, 0.1) is 6.92 Å². The van der Waals surface area contributed by atoms with Crippen LogP contribution in [0.15, 0.2) is 18.2 Å². The minimum atomic E-state index is -0.681. The summed E-state index contributed by atoms with van der Waals surface area (Å²) in [5, 5.41) is 0.622. The van der Waals surface area contributed by atoms with E-state index in [2.05, 4.69) is 0 Å². The topological polar surface area (TPSA) is 55.8 Å². The lowest BCUT2D eigenvalue weighted by atomic mass is 10.0.